The molecule has 8 heteroatoms. The quantitative estimate of drug-likeness (QED) is 0.527. The number of H-pyrrole nitrogens is 1. The fourth-order valence-electron chi connectivity index (χ4n) is 3.30. The van der Waals surface area contributed by atoms with Crippen LogP contribution in [0.5, 0.6) is 5.75 Å². The molecular weight excluding hydrogens is 387 g/mol. The monoisotopic (exact) mass is 406 g/mol. The topological polar surface area (TPSA) is 90.0 Å². The molecule has 0 radical (unpaired) electrons. The van der Waals surface area contributed by atoms with Gasteiger partial charge in [-0.3, -0.25) is 9.89 Å². The van der Waals surface area contributed by atoms with E-state index >= 15 is 0 Å². The number of fused-ring (bicyclic) bond motifs is 1. The molecule has 0 saturated heterocycles. The van der Waals surface area contributed by atoms with Gasteiger partial charge in [-0.2, -0.15) is 5.10 Å². The first-order valence-corrected chi connectivity index (χ1v) is 8.88. The van der Waals surface area contributed by atoms with E-state index in [4.69, 9.17) is 11.6 Å². The molecule has 2 aromatic carbocycles. The fraction of sp³-hybridized carbons (Fsp3) is 0.263. The van der Waals surface area contributed by atoms with Crippen LogP contribution in [0.15, 0.2) is 36.4 Å². The number of aromatic nitrogens is 2. The molecule has 1 aromatic heterocycles. The number of benzene rings is 2. The van der Waals surface area contributed by atoms with Gasteiger partial charge in [0.1, 0.15) is 5.75 Å². The maximum atomic E-state index is 12.4. The Kier molecular flexibility index (Phi) is 5.60. The first kappa shape index (κ1) is 19.5. The highest BCUT2D eigenvalue weighted by molar-refractivity contribution is 6.33. The number of aromatic amines is 1. The van der Waals surface area contributed by atoms with E-state index < -0.39 is 0 Å². The van der Waals surface area contributed by atoms with E-state index in [0.29, 0.717) is 16.9 Å². The second-order valence-electron chi connectivity index (χ2n) is 6.64. The number of nitrogens with zero attached hydrogens (tertiary/aromatic N) is 1. The van der Waals surface area contributed by atoms with E-state index in [9.17, 15) is 9.90 Å². The van der Waals surface area contributed by atoms with Gasteiger partial charge in [0.2, 0.25) is 5.91 Å². The summed E-state index contributed by atoms with van der Waals surface area (Å²) in [6.45, 7) is 0. The standard InChI is InChI=1S/C19H19ClN4O2.ClH/c1-21-12-6-11(7-12)19(26)22-18-15-8-10(2-5-17(15)23-24-18)14-4-3-13(25)9-16(14)20;/h2-5,8-9,11-12,21,25H,6-7H2,1H3,(H2,22,23,24,26);1H. The zero-order valence-corrected chi connectivity index (χ0v) is 16.2. The number of carbonyl (C=O) groups is 1. The number of aromatic hydroxyl groups is 1. The Labute approximate surface area is 167 Å². The first-order chi connectivity index (χ1) is 12.5. The largest absolute Gasteiger partial charge is 0.508 e. The highest BCUT2D eigenvalue weighted by Gasteiger charge is 2.33. The van der Waals surface area contributed by atoms with Crippen LogP contribution >= 0.6 is 24.0 Å². The van der Waals surface area contributed by atoms with Gasteiger partial charge in [0.15, 0.2) is 5.82 Å². The fourth-order valence-corrected chi connectivity index (χ4v) is 3.59. The van der Waals surface area contributed by atoms with Gasteiger partial charge < -0.3 is 15.7 Å². The zero-order chi connectivity index (χ0) is 18.3. The van der Waals surface area contributed by atoms with Crippen molar-refractivity contribution < 1.29 is 9.90 Å². The number of hydrogen-bond donors (Lipinski definition) is 4. The SMILES string of the molecule is CNC1CC(C(=O)Nc2n[nH]c3ccc(-c4ccc(O)cc4Cl)cc23)C1.Cl. The van der Waals surface area contributed by atoms with E-state index in [1.807, 2.05) is 25.2 Å². The third-order valence-electron chi connectivity index (χ3n) is 4.99. The van der Waals surface area contributed by atoms with E-state index in [0.717, 1.165) is 34.9 Å². The highest BCUT2D eigenvalue weighted by Crippen LogP contribution is 2.34. The van der Waals surface area contributed by atoms with Crippen molar-refractivity contribution in [2.75, 3.05) is 12.4 Å². The summed E-state index contributed by atoms with van der Waals surface area (Å²) in [6, 6.07) is 11.1. The summed E-state index contributed by atoms with van der Waals surface area (Å²) in [4.78, 5) is 12.4. The van der Waals surface area contributed by atoms with Crippen molar-refractivity contribution >= 4 is 46.6 Å². The number of phenols is 1. The summed E-state index contributed by atoms with van der Waals surface area (Å²) in [5, 5.41) is 24.1. The molecule has 1 aliphatic carbocycles. The lowest BCUT2D eigenvalue weighted by Gasteiger charge is -2.33. The number of hydrogen-bond acceptors (Lipinski definition) is 4. The van der Waals surface area contributed by atoms with Crippen molar-refractivity contribution in [3.05, 3.63) is 41.4 Å². The number of phenolic OH excluding ortho intramolecular Hbond substituents is 1. The summed E-state index contributed by atoms with van der Waals surface area (Å²) in [5.41, 5.74) is 2.53. The molecule has 1 fully saturated rings. The van der Waals surface area contributed by atoms with Crippen molar-refractivity contribution in [1.29, 1.82) is 0 Å². The van der Waals surface area contributed by atoms with Gasteiger partial charge in [-0.25, -0.2) is 0 Å². The number of halogens is 2. The summed E-state index contributed by atoms with van der Waals surface area (Å²) < 4.78 is 0. The predicted octanol–water partition coefficient (Wildman–Crippen LogP) is 3.95. The van der Waals surface area contributed by atoms with Crippen molar-refractivity contribution in [1.82, 2.24) is 15.5 Å². The molecule has 0 atom stereocenters. The minimum atomic E-state index is -0.00188. The average Bonchev–Trinajstić information content (AvgIpc) is 2.96. The summed E-state index contributed by atoms with van der Waals surface area (Å²) in [7, 11) is 1.91. The number of rotatable bonds is 4. The van der Waals surface area contributed by atoms with Gasteiger partial charge in [-0.05, 0) is 55.8 Å². The molecule has 0 unspecified atom stereocenters. The van der Waals surface area contributed by atoms with Gasteiger partial charge in [0.05, 0.1) is 10.5 Å². The van der Waals surface area contributed by atoms with E-state index in [2.05, 4.69) is 20.8 Å². The number of nitrogens with one attached hydrogen (secondary N) is 3. The first-order valence-electron chi connectivity index (χ1n) is 8.50. The molecular formula is C19H20Cl2N4O2. The van der Waals surface area contributed by atoms with Crippen LogP contribution in [0.25, 0.3) is 22.0 Å². The second kappa shape index (κ2) is 7.76. The maximum absolute atomic E-state index is 12.4. The molecule has 1 amide bonds. The molecule has 3 aromatic rings. The molecule has 1 saturated carbocycles. The van der Waals surface area contributed by atoms with Crippen molar-refractivity contribution in [2.45, 2.75) is 18.9 Å². The Morgan fingerprint density at radius 3 is 2.74 bits per heavy atom. The Morgan fingerprint density at radius 2 is 2.04 bits per heavy atom. The molecule has 1 heterocycles. The van der Waals surface area contributed by atoms with Gasteiger partial charge >= 0.3 is 0 Å². The lowest BCUT2D eigenvalue weighted by Crippen LogP contribution is -2.44. The third kappa shape index (κ3) is 3.74. The third-order valence-corrected chi connectivity index (χ3v) is 5.30. The molecule has 27 heavy (non-hydrogen) atoms. The smallest absolute Gasteiger partial charge is 0.228 e. The van der Waals surface area contributed by atoms with Crippen LogP contribution in [0, 0.1) is 5.92 Å². The van der Waals surface area contributed by atoms with Crippen molar-refractivity contribution in [3.63, 3.8) is 0 Å². The molecule has 0 bridgehead atoms. The van der Waals surface area contributed by atoms with Crippen molar-refractivity contribution in [2.24, 2.45) is 5.92 Å². The van der Waals surface area contributed by atoms with E-state index in [-0.39, 0.29) is 30.0 Å². The minimum absolute atomic E-state index is 0. The van der Waals surface area contributed by atoms with Crippen LogP contribution in [0.2, 0.25) is 5.02 Å². The van der Waals surface area contributed by atoms with Gasteiger partial charge in [-0.1, -0.05) is 17.7 Å². The van der Waals surface area contributed by atoms with Crippen LogP contribution in [-0.2, 0) is 4.79 Å². The molecule has 142 valence electrons. The maximum Gasteiger partial charge on any atom is 0.228 e. The molecule has 1 aliphatic rings. The lowest BCUT2D eigenvalue weighted by molar-refractivity contribution is -0.122. The van der Waals surface area contributed by atoms with Gasteiger partial charge in [-0.15, -0.1) is 12.4 Å². The van der Waals surface area contributed by atoms with Crippen LogP contribution in [0.3, 0.4) is 0 Å². The molecule has 0 spiro atoms. The summed E-state index contributed by atoms with van der Waals surface area (Å²) in [6.07, 6.45) is 1.69. The number of carbonyl (C=O) groups excluding carboxylic acids is 1. The van der Waals surface area contributed by atoms with Crippen LogP contribution in [0.1, 0.15) is 12.8 Å². The molecule has 0 aliphatic heterocycles. The number of amides is 1. The Bertz CT molecular complexity index is 983. The zero-order valence-electron chi connectivity index (χ0n) is 14.6. The van der Waals surface area contributed by atoms with E-state index in [1.54, 1.807) is 12.1 Å². The normalized spacial score (nSPS) is 18.6. The average molecular weight is 407 g/mol. The van der Waals surface area contributed by atoms with Gasteiger partial charge in [0, 0.05) is 22.9 Å². The molecule has 4 rings (SSSR count). The van der Waals surface area contributed by atoms with Crippen LogP contribution in [0.4, 0.5) is 5.82 Å². The van der Waals surface area contributed by atoms with Crippen molar-refractivity contribution in [3.8, 4) is 16.9 Å². The van der Waals surface area contributed by atoms with Crippen LogP contribution < -0.4 is 10.6 Å². The van der Waals surface area contributed by atoms with E-state index in [1.165, 1.54) is 6.07 Å². The summed E-state index contributed by atoms with van der Waals surface area (Å²) in [5.74, 6) is 0.665. The minimum Gasteiger partial charge on any atom is -0.508 e. The van der Waals surface area contributed by atoms with Gasteiger partial charge in [0.25, 0.3) is 0 Å². The predicted molar refractivity (Wildman–Crippen MR) is 110 cm³/mol. The molecule has 6 nitrogen and oxygen atoms in total. The number of anilines is 1. The Hall–Kier alpha value is -2.28. The second-order valence-corrected chi connectivity index (χ2v) is 7.05. The Balaban J connectivity index is 0.00000210. The lowest BCUT2D eigenvalue weighted by atomic mass is 9.80. The van der Waals surface area contributed by atoms with Crippen LogP contribution in [-0.4, -0.2) is 34.3 Å². The Morgan fingerprint density at radius 1 is 1.26 bits per heavy atom. The summed E-state index contributed by atoms with van der Waals surface area (Å²) >= 11 is 6.25. The molecule has 4 N–H and O–H groups in total. The highest BCUT2D eigenvalue weighted by atomic mass is 35.5.